The number of oxazole rings is 1. The average molecular weight is 815 g/mol. The van der Waals surface area contributed by atoms with Crippen LogP contribution in [0.4, 0.5) is 17.1 Å². The van der Waals surface area contributed by atoms with Gasteiger partial charge in [0.05, 0.1) is 0 Å². The fourth-order valence-electron chi connectivity index (χ4n) is 9.98. The lowest BCUT2D eigenvalue weighted by molar-refractivity contribution is 0.620. The van der Waals surface area contributed by atoms with Crippen LogP contribution < -0.4 is 4.90 Å². The molecule has 0 radical (unpaired) electrons. The van der Waals surface area contributed by atoms with Gasteiger partial charge in [0.25, 0.3) is 0 Å². The maximum atomic E-state index is 6.15. The van der Waals surface area contributed by atoms with Gasteiger partial charge in [-0.25, -0.2) is 4.98 Å². The van der Waals surface area contributed by atoms with Crippen molar-refractivity contribution in [3.63, 3.8) is 0 Å². The summed E-state index contributed by atoms with van der Waals surface area (Å²) < 4.78 is 6.15. The minimum absolute atomic E-state index is 0.611. The highest BCUT2D eigenvalue weighted by atomic mass is 16.3. The Morgan fingerprint density at radius 3 is 0.969 bits per heavy atom. The molecule has 12 aromatic carbocycles. The molecule has 3 heteroatoms. The zero-order valence-electron chi connectivity index (χ0n) is 34.7. The molecule has 3 nitrogen and oxygen atoms in total. The van der Waals surface area contributed by atoms with Gasteiger partial charge in [-0.1, -0.05) is 158 Å². The van der Waals surface area contributed by atoms with Gasteiger partial charge in [-0.2, -0.15) is 0 Å². The van der Waals surface area contributed by atoms with Crippen LogP contribution in [0.25, 0.3) is 109 Å². The van der Waals surface area contributed by atoms with Crippen molar-refractivity contribution in [2.24, 2.45) is 0 Å². The van der Waals surface area contributed by atoms with Gasteiger partial charge in [-0.15, -0.1) is 0 Å². The third-order valence-corrected chi connectivity index (χ3v) is 13.1. The Labute approximate surface area is 369 Å². The summed E-state index contributed by atoms with van der Waals surface area (Å²) in [5, 5.41) is 15.3. The largest absolute Gasteiger partial charge is 0.436 e. The molecule has 0 saturated heterocycles. The van der Waals surface area contributed by atoms with Crippen LogP contribution in [0.15, 0.2) is 235 Å². The predicted octanol–water partition coefficient (Wildman–Crippen LogP) is 17.2. The number of hydrogen-bond donors (Lipinski definition) is 0. The first-order chi connectivity index (χ1) is 31.7. The summed E-state index contributed by atoms with van der Waals surface area (Å²) in [5.74, 6) is 0.611. The van der Waals surface area contributed by atoms with Gasteiger partial charge in [-0.05, 0) is 160 Å². The minimum atomic E-state index is 0.611. The zero-order valence-corrected chi connectivity index (χ0v) is 34.7. The molecule has 0 aliphatic rings. The first-order valence-corrected chi connectivity index (χ1v) is 21.9. The van der Waals surface area contributed by atoms with Crippen molar-refractivity contribution < 1.29 is 4.42 Å². The monoisotopic (exact) mass is 814 g/mol. The van der Waals surface area contributed by atoms with E-state index in [0.29, 0.717) is 5.89 Å². The molecule has 13 aromatic rings. The third-order valence-electron chi connectivity index (χ3n) is 13.1. The van der Waals surface area contributed by atoms with Gasteiger partial charge in [0.2, 0.25) is 5.89 Å². The number of rotatable bonds is 6. The number of hydrogen-bond acceptors (Lipinski definition) is 3. The van der Waals surface area contributed by atoms with E-state index in [1.807, 2.05) is 24.3 Å². The smallest absolute Gasteiger partial charge is 0.227 e. The molecule has 0 atom stereocenters. The number of para-hydroxylation sites is 2. The summed E-state index contributed by atoms with van der Waals surface area (Å²) >= 11 is 0. The molecule has 0 fully saturated rings. The highest BCUT2D eigenvalue weighted by Gasteiger charge is 2.17. The summed E-state index contributed by atoms with van der Waals surface area (Å²) in [6, 6.07) is 83.2. The van der Waals surface area contributed by atoms with Crippen LogP contribution in [-0.4, -0.2) is 4.98 Å². The molecule has 0 N–H and O–H groups in total. The molecule has 0 amide bonds. The Morgan fingerprint density at radius 1 is 0.266 bits per heavy atom. The van der Waals surface area contributed by atoms with Crippen molar-refractivity contribution in [3.8, 4) is 33.7 Å². The molecule has 0 bridgehead atoms. The standard InChI is InChI=1S/C61H38N2O/c1-3-15-51-47(11-1)49-13-5-7-17-53(49)57-37-42(27-35-55(51)57)39-21-29-44(30-22-39)63(46-33-25-41(26-34-46)61-62-59-19-9-10-20-60(59)64-61)45-31-23-40(24-32-45)43-28-36-56-52-16-4-2-12-48(52)50-14-6-8-18-54(50)58(56)38-43/h1-38H. The second-order valence-corrected chi connectivity index (χ2v) is 16.7. The lowest BCUT2D eigenvalue weighted by Gasteiger charge is -2.26. The predicted molar refractivity (Wildman–Crippen MR) is 270 cm³/mol. The van der Waals surface area contributed by atoms with Crippen LogP contribution in [0.2, 0.25) is 0 Å². The summed E-state index contributed by atoms with van der Waals surface area (Å²) in [4.78, 5) is 7.09. The molecule has 13 rings (SSSR count). The van der Waals surface area contributed by atoms with Crippen molar-refractivity contribution in [2.75, 3.05) is 4.90 Å². The van der Waals surface area contributed by atoms with Gasteiger partial charge in [0.1, 0.15) is 5.52 Å². The van der Waals surface area contributed by atoms with E-state index in [0.717, 1.165) is 33.7 Å². The molecule has 1 heterocycles. The fourth-order valence-corrected chi connectivity index (χ4v) is 9.98. The topological polar surface area (TPSA) is 29.3 Å². The Balaban J connectivity index is 0.897. The highest BCUT2D eigenvalue weighted by molar-refractivity contribution is 6.27. The van der Waals surface area contributed by atoms with E-state index in [9.17, 15) is 0 Å². The lowest BCUT2D eigenvalue weighted by atomic mass is 9.92. The van der Waals surface area contributed by atoms with Gasteiger partial charge < -0.3 is 9.32 Å². The highest BCUT2D eigenvalue weighted by Crippen LogP contribution is 2.42. The molecule has 64 heavy (non-hydrogen) atoms. The minimum Gasteiger partial charge on any atom is -0.436 e. The number of benzene rings is 12. The molecule has 0 aliphatic heterocycles. The average Bonchev–Trinajstić information content (AvgIpc) is 3.82. The fraction of sp³-hybridized carbons (Fsp3) is 0. The Bertz CT molecular complexity index is 3640. The molecular weight excluding hydrogens is 777 g/mol. The van der Waals surface area contributed by atoms with E-state index >= 15 is 0 Å². The van der Waals surface area contributed by atoms with Crippen LogP contribution in [0.5, 0.6) is 0 Å². The third kappa shape index (κ3) is 5.86. The molecule has 0 unspecified atom stereocenters. The molecule has 1 aromatic heterocycles. The van der Waals surface area contributed by atoms with Crippen molar-refractivity contribution in [1.82, 2.24) is 4.98 Å². The van der Waals surface area contributed by atoms with Crippen LogP contribution >= 0.6 is 0 Å². The summed E-state index contributed by atoms with van der Waals surface area (Å²) in [6.07, 6.45) is 0. The molecule has 298 valence electrons. The van der Waals surface area contributed by atoms with Gasteiger partial charge in [0.15, 0.2) is 5.58 Å². The number of fused-ring (bicyclic) bond motifs is 13. The Hall–Kier alpha value is -8.53. The number of nitrogens with zero attached hydrogens (tertiary/aromatic N) is 2. The van der Waals surface area contributed by atoms with E-state index in [1.54, 1.807) is 0 Å². The molecule has 0 saturated carbocycles. The number of anilines is 3. The van der Waals surface area contributed by atoms with Gasteiger partial charge in [0, 0.05) is 22.6 Å². The summed E-state index contributed by atoms with van der Waals surface area (Å²) in [7, 11) is 0. The Kier molecular flexibility index (Phi) is 8.22. The van der Waals surface area contributed by atoms with Crippen molar-refractivity contribution >= 4 is 92.8 Å². The van der Waals surface area contributed by atoms with Crippen molar-refractivity contribution in [1.29, 1.82) is 0 Å². The van der Waals surface area contributed by atoms with Crippen LogP contribution in [0.3, 0.4) is 0 Å². The van der Waals surface area contributed by atoms with E-state index < -0.39 is 0 Å². The van der Waals surface area contributed by atoms with Crippen molar-refractivity contribution in [2.45, 2.75) is 0 Å². The normalized spacial score (nSPS) is 11.8. The molecule has 0 spiro atoms. The SMILES string of the molecule is c1ccc2oc(-c3ccc(N(c4ccc(-c5ccc6c7ccccc7c7ccccc7c6c5)cc4)c4ccc(-c5ccc6c7ccccc7c7ccccc7c6c5)cc4)cc3)nc2c1. The first kappa shape index (κ1) is 36.2. The quantitative estimate of drug-likeness (QED) is 0.157. The second kappa shape index (κ2) is 14.5. The van der Waals surface area contributed by atoms with Crippen LogP contribution in [0.1, 0.15) is 0 Å². The van der Waals surface area contributed by atoms with E-state index in [1.165, 1.54) is 86.9 Å². The van der Waals surface area contributed by atoms with Crippen molar-refractivity contribution in [3.05, 3.63) is 231 Å². The van der Waals surface area contributed by atoms with E-state index in [2.05, 4.69) is 211 Å². The van der Waals surface area contributed by atoms with E-state index in [-0.39, 0.29) is 0 Å². The Morgan fingerprint density at radius 2 is 0.578 bits per heavy atom. The summed E-state index contributed by atoms with van der Waals surface area (Å²) in [5.41, 5.74) is 10.4. The maximum Gasteiger partial charge on any atom is 0.227 e. The van der Waals surface area contributed by atoms with Crippen LogP contribution in [-0.2, 0) is 0 Å². The van der Waals surface area contributed by atoms with Crippen LogP contribution in [0, 0.1) is 0 Å². The zero-order chi connectivity index (χ0) is 42.1. The van der Waals surface area contributed by atoms with Gasteiger partial charge >= 0.3 is 0 Å². The van der Waals surface area contributed by atoms with E-state index in [4.69, 9.17) is 9.40 Å². The maximum absolute atomic E-state index is 6.15. The number of aromatic nitrogens is 1. The summed E-state index contributed by atoms with van der Waals surface area (Å²) in [6.45, 7) is 0. The second-order valence-electron chi connectivity index (χ2n) is 16.7. The lowest BCUT2D eigenvalue weighted by Crippen LogP contribution is -2.09. The first-order valence-electron chi connectivity index (χ1n) is 21.9. The molecule has 0 aliphatic carbocycles. The molecular formula is C61H38N2O. The van der Waals surface area contributed by atoms with Gasteiger partial charge in [-0.3, -0.25) is 0 Å².